The van der Waals surface area contributed by atoms with E-state index in [0.717, 1.165) is 12.3 Å². The van der Waals surface area contributed by atoms with E-state index in [2.05, 4.69) is 4.98 Å². The number of rotatable bonds is 2. The molecule has 0 amide bonds. The number of hydrogen-bond donors (Lipinski definition) is 2. The molecule has 1 aromatic rings. The molecular weight excluding hydrogens is 178 g/mol. The second-order valence-electron chi connectivity index (χ2n) is 2.04. The van der Waals surface area contributed by atoms with Gasteiger partial charge in [0, 0.05) is 6.20 Å². The molecule has 13 heavy (non-hydrogen) atoms. The van der Waals surface area contributed by atoms with Gasteiger partial charge in [0.25, 0.3) is 0 Å². The summed E-state index contributed by atoms with van der Waals surface area (Å²) in [6.07, 6.45) is 1.15. The summed E-state index contributed by atoms with van der Waals surface area (Å²) in [4.78, 5) is 24.1. The van der Waals surface area contributed by atoms with Gasteiger partial charge in [-0.2, -0.15) is 0 Å². The van der Waals surface area contributed by atoms with Crippen LogP contribution in [0.4, 0.5) is 0 Å². The predicted molar refractivity (Wildman–Crippen MR) is 41.8 cm³/mol. The van der Waals surface area contributed by atoms with Crippen molar-refractivity contribution in [1.29, 1.82) is 0 Å². The molecule has 0 aliphatic rings. The summed E-state index contributed by atoms with van der Waals surface area (Å²) in [5, 5.41) is 16.9. The third kappa shape index (κ3) is 2.53. The summed E-state index contributed by atoms with van der Waals surface area (Å²) in [6.45, 7) is 0. The Balaban J connectivity index is 0.00000144. The molecule has 0 spiro atoms. The Hall–Kier alpha value is -1.95. The molecule has 0 fully saturated rings. The minimum Gasteiger partial charge on any atom is -0.478 e. The quantitative estimate of drug-likeness (QED) is 0.652. The van der Waals surface area contributed by atoms with Crippen LogP contribution in [0.5, 0.6) is 0 Å². The standard InChI is InChI=1S/C7H5NO4.H2O/c9-6(10)4-1-2-8-5(3-4)7(11)12;/h1-3H,(H,9,10)(H,11,12);1H2. The number of aromatic carboxylic acids is 2. The van der Waals surface area contributed by atoms with Crippen LogP contribution in [0.15, 0.2) is 18.3 Å². The van der Waals surface area contributed by atoms with E-state index in [4.69, 9.17) is 10.2 Å². The molecule has 0 bridgehead atoms. The van der Waals surface area contributed by atoms with E-state index in [-0.39, 0.29) is 16.7 Å². The van der Waals surface area contributed by atoms with Crippen LogP contribution in [0.2, 0.25) is 0 Å². The summed E-state index contributed by atoms with van der Waals surface area (Å²) >= 11 is 0. The number of nitrogens with zero attached hydrogens (tertiary/aromatic N) is 1. The zero-order valence-corrected chi connectivity index (χ0v) is 6.39. The fraction of sp³-hybridized carbons (Fsp3) is 0. The van der Waals surface area contributed by atoms with Crippen LogP contribution in [0.1, 0.15) is 20.8 Å². The van der Waals surface area contributed by atoms with Gasteiger partial charge in [0.15, 0.2) is 0 Å². The molecule has 0 saturated heterocycles. The van der Waals surface area contributed by atoms with Gasteiger partial charge < -0.3 is 15.7 Å². The first-order valence-corrected chi connectivity index (χ1v) is 3.04. The van der Waals surface area contributed by atoms with Gasteiger partial charge >= 0.3 is 11.9 Å². The number of pyridine rings is 1. The number of carboxylic acid groups (broad SMARTS) is 2. The summed E-state index contributed by atoms with van der Waals surface area (Å²) in [5.74, 6) is -2.40. The van der Waals surface area contributed by atoms with Gasteiger partial charge in [0.05, 0.1) is 5.56 Å². The van der Waals surface area contributed by atoms with Crippen molar-refractivity contribution >= 4 is 11.9 Å². The fourth-order valence-electron chi connectivity index (χ4n) is 0.681. The molecule has 0 aliphatic carbocycles. The molecule has 0 atom stereocenters. The van der Waals surface area contributed by atoms with Crippen LogP contribution in [0.25, 0.3) is 0 Å². The number of carbonyl (C=O) groups is 2. The second kappa shape index (κ2) is 4.17. The first kappa shape index (κ1) is 11.1. The van der Waals surface area contributed by atoms with Gasteiger partial charge in [-0.25, -0.2) is 14.6 Å². The predicted octanol–water partition coefficient (Wildman–Crippen LogP) is -0.347. The van der Waals surface area contributed by atoms with E-state index in [1.807, 2.05) is 0 Å². The van der Waals surface area contributed by atoms with Crippen molar-refractivity contribution in [2.45, 2.75) is 0 Å². The van der Waals surface area contributed by atoms with Gasteiger partial charge in [-0.15, -0.1) is 0 Å². The van der Waals surface area contributed by atoms with Crippen LogP contribution in [-0.2, 0) is 0 Å². The lowest BCUT2D eigenvalue weighted by molar-refractivity contribution is 0.0690. The zero-order valence-electron chi connectivity index (χ0n) is 6.39. The van der Waals surface area contributed by atoms with Crippen molar-refractivity contribution in [1.82, 2.24) is 4.98 Å². The summed E-state index contributed by atoms with van der Waals surface area (Å²) in [7, 11) is 0. The Morgan fingerprint density at radius 3 is 2.31 bits per heavy atom. The highest BCUT2D eigenvalue weighted by molar-refractivity contribution is 5.92. The minimum absolute atomic E-state index is 0. The Morgan fingerprint density at radius 1 is 1.23 bits per heavy atom. The molecule has 0 radical (unpaired) electrons. The second-order valence-corrected chi connectivity index (χ2v) is 2.04. The normalized spacial score (nSPS) is 8.62. The maximum absolute atomic E-state index is 10.4. The monoisotopic (exact) mass is 185 g/mol. The third-order valence-electron chi connectivity index (χ3n) is 1.23. The van der Waals surface area contributed by atoms with Gasteiger partial charge in [0.2, 0.25) is 0 Å². The van der Waals surface area contributed by atoms with Crippen molar-refractivity contribution in [3.05, 3.63) is 29.6 Å². The van der Waals surface area contributed by atoms with Crippen LogP contribution in [-0.4, -0.2) is 32.6 Å². The highest BCUT2D eigenvalue weighted by Crippen LogP contribution is 2.01. The zero-order chi connectivity index (χ0) is 9.14. The molecule has 6 heteroatoms. The van der Waals surface area contributed by atoms with Gasteiger partial charge in [-0.05, 0) is 12.1 Å². The third-order valence-corrected chi connectivity index (χ3v) is 1.23. The number of aromatic nitrogens is 1. The minimum atomic E-state index is -1.24. The molecule has 6 nitrogen and oxygen atoms in total. The molecule has 70 valence electrons. The van der Waals surface area contributed by atoms with Crippen molar-refractivity contribution < 1.29 is 25.3 Å². The van der Waals surface area contributed by atoms with Crippen LogP contribution < -0.4 is 0 Å². The molecule has 0 aromatic carbocycles. The maximum atomic E-state index is 10.4. The Kier molecular flexibility index (Phi) is 3.54. The van der Waals surface area contributed by atoms with Crippen molar-refractivity contribution in [3.63, 3.8) is 0 Å². The number of carboxylic acids is 2. The molecule has 0 unspecified atom stereocenters. The Labute approximate surface area is 72.8 Å². The van der Waals surface area contributed by atoms with Crippen LogP contribution in [0, 0.1) is 0 Å². The van der Waals surface area contributed by atoms with Gasteiger partial charge in [0.1, 0.15) is 5.69 Å². The van der Waals surface area contributed by atoms with E-state index < -0.39 is 11.9 Å². The average Bonchev–Trinajstić information content (AvgIpc) is 2.04. The SMILES string of the molecule is O.O=C(O)c1ccnc(C(=O)O)c1. The molecule has 1 aromatic heterocycles. The highest BCUT2D eigenvalue weighted by atomic mass is 16.4. The van der Waals surface area contributed by atoms with E-state index in [9.17, 15) is 9.59 Å². The van der Waals surface area contributed by atoms with E-state index in [0.29, 0.717) is 0 Å². The molecule has 0 aliphatic heterocycles. The lowest BCUT2D eigenvalue weighted by atomic mass is 10.2. The van der Waals surface area contributed by atoms with E-state index in [1.54, 1.807) is 0 Å². The lowest BCUT2D eigenvalue weighted by Gasteiger charge is -1.94. The first-order chi connectivity index (χ1) is 5.61. The van der Waals surface area contributed by atoms with Gasteiger partial charge in [-0.3, -0.25) is 0 Å². The average molecular weight is 185 g/mol. The van der Waals surface area contributed by atoms with Crippen molar-refractivity contribution in [3.8, 4) is 0 Å². The highest BCUT2D eigenvalue weighted by Gasteiger charge is 2.08. The fourth-order valence-corrected chi connectivity index (χ4v) is 0.681. The Bertz CT molecular complexity index is 306. The summed E-state index contributed by atoms with van der Waals surface area (Å²) in [6, 6.07) is 2.24. The molecule has 1 rings (SSSR count). The van der Waals surface area contributed by atoms with Crippen LogP contribution >= 0.6 is 0 Å². The largest absolute Gasteiger partial charge is 0.478 e. The van der Waals surface area contributed by atoms with Crippen molar-refractivity contribution in [2.24, 2.45) is 0 Å². The van der Waals surface area contributed by atoms with E-state index in [1.165, 1.54) is 6.07 Å². The first-order valence-electron chi connectivity index (χ1n) is 3.04. The maximum Gasteiger partial charge on any atom is 0.354 e. The molecule has 4 N–H and O–H groups in total. The molecular formula is C7H7NO5. The lowest BCUT2D eigenvalue weighted by Crippen LogP contribution is -2.03. The van der Waals surface area contributed by atoms with Gasteiger partial charge in [-0.1, -0.05) is 0 Å². The molecule has 0 saturated carbocycles. The summed E-state index contributed by atoms with van der Waals surface area (Å²) < 4.78 is 0. The van der Waals surface area contributed by atoms with Crippen LogP contribution in [0.3, 0.4) is 0 Å². The topological polar surface area (TPSA) is 119 Å². The smallest absolute Gasteiger partial charge is 0.354 e. The van der Waals surface area contributed by atoms with E-state index >= 15 is 0 Å². The van der Waals surface area contributed by atoms with Crippen molar-refractivity contribution in [2.75, 3.05) is 0 Å². The summed E-state index contributed by atoms with van der Waals surface area (Å²) in [5.41, 5.74) is -0.350. The Morgan fingerprint density at radius 2 is 1.85 bits per heavy atom. The molecule has 1 heterocycles. The number of hydrogen-bond acceptors (Lipinski definition) is 3.